The Morgan fingerprint density at radius 2 is 1.82 bits per heavy atom. The van der Waals surface area contributed by atoms with Crippen LogP contribution < -0.4 is 4.72 Å². The van der Waals surface area contributed by atoms with Gasteiger partial charge in [-0.15, -0.1) is 11.3 Å². The van der Waals surface area contributed by atoms with Gasteiger partial charge in [0.25, 0.3) is 11.6 Å². The molecule has 0 unspecified atom stereocenters. The first kappa shape index (κ1) is 20.4. The lowest BCUT2D eigenvalue weighted by molar-refractivity contribution is -0.384. The molecule has 9 nitrogen and oxygen atoms in total. The van der Waals surface area contributed by atoms with Gasteiger partial charge < -0.3 is 4.90 Å². The molecule has 3 rings (SSSR count). The molecule has 1 aliphatic rings. The van der Waals surface area contributed by atoms with E-state index in [1.54, 1.807) is 0 Å². The SMILES string of the molecule is O=C(c1cccs1)N1CCN(CCNS(=O)(=O)c2ccc([N+](=O)[O-])cc2)CC1. The fourth-order valence-corrected chi connectivity index (χ4v) is 4.61. The number of nitrogens with zero attached hydrogens (tertiary/aromatic N) is 3. The smallest absolute Gasteiger partial charge is 0.269 e. The number of thiophene rings is 1. The summed E-state index contributed by atoms with van der Waals surface area (Å²) < 4.78 is 27.1. The Morgan fingerprint density at radius 1 is 1.14 bits per heavy atom. The van der Waals surface area contributed by atoms with E-state index in [2.05, 4.69) is 9.62 Å². The molecule has 150 valence electrons. The van der Waals surface area contributed by atoms with E-state index in [-0.39, 0.29) is 23.0 Å². The summed E-state index contributed by atoms with van der Waals surface area (Å²) in [4.78, 5) is 27.0. The monoisotopic (exact) mass is 424 g/mol. The second kappa shape index (κ2) is 8.78. The number of nitro groups is 1. The van der Waals surface area contributed by atoms with Gasteiger partial charge in [-0.05, 0) is 23.6 Å². The van der Waals surface area contributed by atoms with Crippen molar-refractivity contribution in [3.63, 3.8) is 0 Å². The van der Waals surface area contributed by atoms with Crippen molar-refractivity contribution in [2.75, 3.05) is 39.3 Å². The highest BCUT2D eigenvalue weighted by Gasteiger charge is 2.23. The molecule has 1 saturated heterocycles. The van der Waals surface area contributed by atoms with E-state index in [1.807, 2.05) is 22.4 Å². The summed E-state index contributed by atoms with van der Waals surface area (Å²) in [6.07, 6.45) is 0. The first-order valence-electron chi connectivity index (χ1n) is 8.66. The van der Waals surface area contributed by atoms with Gasteiger partial charge in [0.15, 0.2) is 0 Å². The van der Waals surface area contributed by atoms with E-state index in [1.165, 1.54) is 35.6 Å². The fraction of sp³-hybridized carbons (Fsp3) is 0.353. The van der Waals surface area contributed by atoms with Gasteiger partial charge in [-0.25, -0.2) is 13.1 Å². The molecule has 0 radical (unpaired) electrons. The number of piperazine rings is 1. The maximum atomic E-state index is 12.3. The highest BCUT2D eigenvalue weighted by atomic mass is 32.2. The zero-order valence-corrected chi connectivity index (χ0v) is 16.6. The van der Waals surface area contributed by atoms with Crippen LogP contribution in [-0.2, 0) is 10.0 Å². The largest absolute Gasteiger partial charge is 0.335 e. The fourth-order valence-electron chi connectivity index (χ4n) is 2.90. The number of amides is 1. The normalized spacial score (nSPS) is 15.5. The van der Waals surface area contributed by atoms with E-state index in [9.17, 15) is 23.3 Å². The molecular weight excluding hydrogens is 404 g/mol. The summed E-state index contributed by atoms with van der Waals surface area (Å²) in [6.45, 7) is 3.30. The van der Waals surface area contributed by atoms with Crippen LogP contribution in [0.4, 0.5) is 5.69 Å². The quantitative estimate of drug-likeness (QED) is 0.531. The van der Waals surface area contributed by atoms with Crippen molar-refractivity contribution in [3.05, 3.63) is 56.8 Å². The number of nitro benzene ring substituents is 1. The summed E-state index contributed by atoms with van der Waals surface area (Å²) in [6, 6.07) is 8.43. The Bertz CT molecular complexity index is 921. The van der Waals surface area contributed by atoms with Crippen LogP contribution in [0.5, 0.6) is 0 Å². The second-order valence-electron chi connectivity index (χ2n) is 6.26. The summed E-state index contributed by atoms with van der Waals surface area (Å²) in [5, 5.41) is 12.5. The Morgan fingerprint density at radius 3 is 2.39 bits per heavy atom. The van der Waals surface area contributed by atoms with E-state index in [4.69, 9.17) is 0 Å². The van der Waals surface area contributed by atoms with E-state index in [0.29, 0.717) is 32.7 Å². The van der Waals surface area contributed by atoms with E-state index in [0.717, 1.165) is 4.88 Å². The van der Waals surface area contributed by atoms with Crippen molar-refractivity contribution in [3.8, 4) is 0 Å². The standard InChI is InChI=1S/C17H20N4O5S2/c22-17(16-2-1-13-27-16)20-11-9-19(10-12-20)8-7-18-28(25,26)15-5-3-14(4-6-15)21(23)24/h1-6,13,18H,7-12H2. The summed E-state index contributed by atoms with van der Waals surface area (Å²) in [7, 11) is -3.72. The van der Waals surface area contributed by atoms with Crippen LogP contribution in [0.3, 0.4) is 0 Å². The number of carbonyl (C=O) groups is 1. The molecule has 1 fully saturated rings. The highest BCUT2D eigenvalue weighted by Crippen LogP contribution is 2.16. The summed E-state index contributed by atoms with van der Waals surface area (Å²) >= 11 is 1.42. The molecule has 0 atom stereocenters. The van der Waals surface area contributed by atoms with Gasteiger partial charge in [0.05, 0.1) is 14.7 Å². The molecule has 1 N–H and O–H groups in total. The van der Waals surface area contributed by atoms with Crippen LogP contribution in [0.15, 0.2) is 46.7 Å². The third-order valence-electron chi connectivity index (χ3n) is 4.47. The minimum absolute atomic E-state index is 0.00976. The molecule has 1 amide bonds. The molecule has 2 aromatic rings. The number of rotatable bonds is 7. The zero-order valence-electron chi connectivity index (χ0n) is 15.0. The Hall–Kier alpha value is -2.34. The minimum Gasteiger partial charge on any atom is -0.335 e. The number of non-ortho nitro benzene ring substituents is 1. The van der Waals surface area contributed by atoms with Gasteiger partial charge in [0, 0.05) is 51.4 Å². The Kier molecular flexibility index (Phi) is 6.39. The number of nitrogens with one attached hydrogen (secondary N) is 1. The maximum absolute atomic E-state index is 12.3. The number of hydrogen-bond acceptors (Lipinski definition) is 7. The van der Waals surface area contributed by atoms with Crippen LogP contribution in [0.1, 0.15) is 9.67 Å². The van der Waals surface area contributed by atoms with Crippen molar-refractivity contribution < 1.29 is 18.1 Å². The molecule has 1 aliphatic heterocycles. The first-order chi connectivity index (χ1) is 13.4. The van der Waals surface area contributed by atoms with Gasteiger partial charge in [-0.1, -0.05) is 6.07 Å². The van der Waals surface area contributed by atoms with Gasteiger partial charge >= 0.3 is 0 Å². The van der Waals surface area contributed by atoms with Crippen molar-refractivity contribution in [1.82, 2.24) is 14.5 Å². The van der Waals surface area contributed by atoms with Crippen molar-refractivity contribution in [2.45, 2.75) is 4.90 Å². The van der Waals surface area contributed by atoms with Gasteiger partial charge in [0.1, 0.15) is 0 Å². The lowest BCUT2D eigenvalue weighted by Gasteiger charge is -2.34. The third-order valence-corrected chi connectivity index (χ3v) is 6.80. The Balaban J connectivity index is 1.45. The molecule has 0 bridgehead atoms. The van der Waals surface area contributed by atoms with E-state index >= 15 is 0 Å². The lowest BCUT2D eigenvalue weighted by atomic mass is 10.3. The maximum Gasteiger partial charge on any atom is 0.269 e. The molecule has 1 aromatic carbocycles. The molecule has 0 saturated carbocycles. The van der Waals surface area contributed by atoms with Crippen LogP contribution in [0, 0.1) is 10.1 Å². The Labute approximate surface area is 166 Å². The highest BCUT2D eigenvalue weighted by molar-refractivity contribution is 7.89. The molecule has 11 heteroatoms. The van der Waals surface area contributed by atoms with Crippen molar-refractivity contribution >= 4 is 33.0 Å². The number of benzene rings is 1. The van der Waals surface area contributed by atoms with Crippen LogP contribution in [0.2, 0.25) is 0 Å². The van der Waals surface area contributed by atoms with E-state index < -0.39 is 14.9 Å². The predicted octanol–water partition coefficient (Wildman–Crippen LogP) is 1.39. The number of hydrogen-bond donors (Lipinski definition) is 1. The molecular formula is C17H20N4O5S2. The average molecular weight is 425 g/mol. The van der Waals surface area contributed by atoms with Crippen LogP contribution in [-0.4, -0.2) is 68.3 Å². The molecule has 0 spiro atoms. The predicted molar refractivity (Wildman–Crippen MR) is 105 cm³/mol. The van der Waals surface area contributed by atoms with Gasteiger partial charge in [-0.3, -0.25) is 19.8 Å². The van der Waals surface area contributed by atoms with Crippen molar-refractivity contribution in [1.29, 1.82) is 0 Å². The lowest BCUT2D eigenvalue weighted by Crippen LogP contribution is -2.50. The molecule has 0 aliphatic carbocycles. The van der Waals surface area contributed by atoms with Gasteiger partial charge in [-0.2, -0.15) is 0 Å². The number of carbonyl (C=O) groups excluding carboxylic acids is 1. The number of sulfonamides is 1. The molecule has 2 heterocycles. The molecule has 28 heavy (non-hydrogen) atoms. The molecule has 1 aromatic heterocycles. The van der Waals surface area contributed by atoms with Crippen molar-refractivity contribution in [2.24, 2.45) is 0 Å². The van der Waals surface area contributed by atoms with Crippen LogP contribution >= 0.6 is 11.3 Å². The second-order valence-corrected chi connectivity index (χ2v) is 8.97. The van der Waals surface area contributed by atoms with Crippen LogP contribution in [0.25, 0.3) is 0 Å². The minimum atomic E-state index is -3.72. The van der Waals surface area contributed by atoms with Gasteiger partial charge in [0.2, 0.25) is 10.0 Å². The summed E-state index contributed by atoms with van der Waals surface area (Å²) in [5.41, 5.74) is -0.158. The zero-order chi connectivity index (χ0) is 20.1. The first-order valence-corrected chi connectivity index (χ1v) is 11.0. The summed E-state index contributed by atoms with van der Waals surface area (Å²) in [5.74, 6) is 0.0357. The average Bonchev–Trinajstić information content (AvgIpc) is 3.23. The topological polar surface area (TPSA) is 113 Å². The third kappa shape index (κ3) is 4.93.